The highest BCUT2D eigenvalue weighted by molar-refractivity contribution is 7.98. The van der Waals surface area contributed by atoms with Crippen molar-refractivity contribution in [2.75, 3.05) is 17.6 Å². The van der Waals surface area contributed by atoms with Gasteiger partial charge >= 0.3 is 0 Å². The molecule has 1 heterocycles. The van der Waals surface area contributed by atoms with Crippen LogP contribution in [0.3, 0.4) is 0 Å². The van der Waals surface area contributed by atoms with Gasteiger partial charge in [-0.25, -0.2) is 4.39 Å². The molecule has 0 atom stereocenters. The summed E-state index contributed by atoms with van der Waals surface area (Å²) in [4.78, 5) is 23.6. The summed E-state index contributed by atoms with van der Waals surface area (Å²) in [5, 5.41) is 5.68. The SMILES string of the molecule is O=C1CCc2cc(C(=O)NCCSCc3ccccc3F)ccc2N1. The number of hydrogen-bond acceptors (Lipinski definition) is 3. The van der Waals surface area contributed by atoms with Crippen molar-refractivity contribution < 1.29 is 14.0 Å². The fourth-order valence-corrected chi connectivity index (χ4v) is 3.51. The molecule has 0 unspecified atom stereocenters. The largest absolute Gasteiger partial charge is 0.351 e. The van der Waals surface area contributed by atoms with E-state index in [0.29, 0.717) is 42.0 Å². The maximum atomic E-state index is 13.5. The Hall–Kier alpha value is -2.34. The van der Waals surface area contributed by atoms with Crippen LogP contribution in [0.1, 0.15) is 27.9 Å². The number of anilines is 1. The van der Waals surface area contributed by atoms with Crippen molar-refractivity contribution in [1.29, 1.82) is 0 Å². The Morgan fingerprint density at radius 1 is 1.20 bits per heavy atom. The van der Waals surface area contributed by atoms with Gasteiger partial charge in [0.05, 0.1) is 0 Å². The third kappa shape index (κ3) is 4.60. The first kappa shape index (κ1) is 17.5. The predicted octanol–water partition coefficient (Wildman–Crippen LogP) is 3.37. The summed E-state index contributed by atoms with van der Waals surface area (Å²) in [6, 6.07) is 12.0. The van der Waals surface area contributed by atoms with Crippen molar-refractivity contribution in [3.8, 4) is 0 Å². The van der Waals surface area contributed by atoms with Gasteiger partial charge in [0.1, 0.15) is 5.82 Å². The molecule has 2 N–H and O–H groups in total. The molecule has 0 aromatic heterocycles. The molecular formula is C19H19FN2O2S. The van der Waals surface area contributed by atoms with E-state index in [1.165, 1.54) is 6.07 Å². The Kier molecular flexibility index (Phi) is 5.71. The molecule has 0 spiro atoms. The number of hydrogen-bond donors (Lipinski definition) is 2. The first-order valence-corrected chi connectivity index (χ1v) is 9.31. The first-order valence-electron chi connectivity index (χ1n) is 8.15. The summed E-state index contributed by atoms with van der Waals surface area (Å²) in [7, 11) is 0. The number of amides is 2. The number of benzene rings is 2. The summed E-state index contributed by atoms with van der Waals surface area (Å²) in [5.74, 6) is 0.977. The lowest BCUT2D eigenvalue weighted by Crippen LogP contribution is -2.26. The molecule has 25 heavy (non-hydrogen) atoms. The van der Waals surface area contributed by atoms with Crippen LogP contribution in [0.2, 0.25) is 0 Å². The quantitative estimate of drug-likeness (QED) is 0.779. The van der Waals surface area contributed by atoms with Gasteiger partial charge in [-0.3, -0.25) is 9.59 Å². The predicted molar refractivity (Wildman–Crippen MR) is 98.3 cm³/mol. The van der Waals surface area contributed by atoms with Gasteiger partial charge in [-0.1, -0.05) is 18.2 Å². The Balaban J connectivity index is 1.45. The molecule has 6 heteroatoms. The molecule has 2 aromatic carbocycles. The van der Waals surface area contributed by atoms with Crippen LogP contribution in [0.4, 0.5) is 10.1 Å². The number of thioether (sulfide) groups is 1. The number of nitrogens with one attached hydrogen (secondary N) is 2. The molecule has 1 aliphatic heterocycles. The van der Waals surface area contributed by atoms with Crippen molar-refractivity contribution in [1.82, 2.24) is 5.32 Å². The van der Waals surface area contributed by atoms with Crippen LogP contribution >= 0.6 is 11.8 Å². The second-order valence-electron chi connectivity index (χ2n) is 5.82. The molecule has 3 rings (SSSR count). The van der Waals surface area contributed by atoms with E-state index in [1.807, 2.05) is 12.1 Å². The van der Waals surface area contributed by atoms with Gasteiger partial charge in [0.15, 0.2) is 0 Å². The van der Waals surface area contributed by atoms with Gasteiger partial charge in [-0.15, -0.1) is 0 Å². The van der Waals surface area contributed by atoms with Gasteiger partial charge in [-0.2, -0.15) is 11.8 Å². The van der Waals surface area contributed by atoms with Gasteiger partial charge < -0.3 is 10.6 Å². The highest BCUT2D eigenvalue weighted by atomic mass is 32.2. The van der Waals surface area contributed by atoms with Crippen molar-refractivity contribution in [2.45, 2.75) is 18.6 Å². The standard InChI is InChI=1S/C19H19FN2O2S/c20-16-4-2-1-3-15(16)12-25-10-9-21-19(24)14-5-7-17-13(11-14)6-8-18(23)22-17/h1-5,7,11H,6,8-10,12H2,(H,21,24)(H,22,23). The van der Waals surface area contributed by atoms with Crippen molar-refractivity contribution in [3.05, 3.63) is 65.0 Å². The fourth-order valence-electron chi connectivity index (χ4n) is 2.66. The van der Waals surface area contributed by atoms with Crippen LogP contribution in [-0.4, -0.2) is 24.1 Å². The highest BCUT2D eigenvalue weighted by Gasteiger charge is 2.16. The van der Waals surface area contributed by atoms with E-state index in [4.69, 9.17) is 0 Å². The Labute approximate surface area is 150 Å². The topological polar surface area (TPSA) is 58.2 Å². The van der Waals surface area contributed by atoms with E-state index in [0.717, 1.165) is 11.3 Å². The molecule has 0 radical (unpaired) electrons. The number of aryl methyl sites for hydroxylation is 1. The van der Waals surface area contributed by atoms with E-state index in [9.17, 15) is 14.0 Å². The number of fused-ring (bicyclic) bond motifs is 1. The minimum Gasteiger partial charge on any atom is -0.351 e. The monoisotopic (exact) mass is 358 g/mol. The molecule has 0 bridgehead atoms. The average Bonchev–Trinajstić information content (AvgIpc) is 2.62. The molecule has 0 saturated carbocycles. The average molecular weight is 358 g/mol. The molecular weight excluding hydrogens is 339 g/mol. The Bertz CT molecular complexity index is 795. The van der Waals surface area contributed by atoms with Crippen molar-refractivity contribution >= 4 is 29.3 Å². The summed E-state index contributed by atoms with van der Waals surface area (Å²) in [6.07, 6.45) is 1.10. The van der Waals surface area contributed by atoms with Crippen molar-refractivity contribution in [3.63, 3.8) is 0 Å². The van der Waals surface area contributed by atoms with Gasteiger partial charge in [-0.05, 0) is 41.8 Å². The van der Waals surface area contributed by atoms with Crippen LogP contribution in [-0.2, 0) is 17.0 Å². The minimum absolute atomic E-state index is 0.0107. The second kappa shape index (κ2) is 8.16. The number of carbonyl (C=O) groups excluding carboxylic acids is 2. The number of rotatable bonds is 6. The van der Waals surface area contributed by atoms with Crippen LogP contribution < -0.4 is 10.6 Å². The lowest BCUT2D eigenvalue weighted by molar-refractivity contribution is -0.116. The van der Waals surface area contributed by atoms with Crippen LogP contribution in [0, 0.1) is 5.82 Å². The molecule has 2 amide bonds. The molecule has 0 fully saturated rings. The summed E-state index contributed by atoms with van der Waals surface area (Å²) in [6.45, 7) is 0.520. The fraction of sp³-hybridized carbons (Fsp3) is 0.263. The Morgan fingerprint density at radius 3 is 2.88 bits per heavy atom. The summed E-state index contributed by atoms with van der Waals surface area (Å²) >= 11 is 1.58. The van der Waals surface area contributed by atoms with E-state index >= 15 is 0 Å². The second-order valence-corrected chi connectivity index (χ2v) is 6.93. The maximum Gasteiger partial charge on any atom is 0.251 e. The molecule has 0 saturated heterocycles. The third-order valence-electron chi connectivity index (χ3n) is 4.01. The van der Waals surface area contributed by atoms with Crippen LogP contribution in [0.25, 0.3) is 0 Å². The van der Waals surface area contributed by atoms with Crippen molar-refractivity contribution in [2.24, 2.45) is 0 Å². The van der Waals surface area contributed by atoms with Gasteiger partial charge in [0, 0.05) is 35.7 Å². The van der Waals surface area contributed by atoms with E-state index in [1.54, 1.807) is 36.0 Å². The summed E-state index contributed by atoms with van der Waals surface area (Å²) < 4.78 is 13.5. The lowest BCUT2D eigenvalue weighted by atomic mass is 10.00. The van der Waals surface area contributed by atoms with E-state index < -0.39 is 0 Å². The van der Waals surface area contributed by atoms with E-state index in [2.05, 4.69) is 10.6 Å². The number of halogens is 1. The molecule has 2 aromatic rings. The molecule has 0 aliphatic carbocycles. The first-order chi connectivity index (χ1) is 12.1. The summed E-state index contributed by atoms with van der Waals surface area (Å²) in [5.41, 5.74) is 3.04. The van der Waals surface area contributed by atoms with Gasteiger partial charge in [0.25, 0.3) is 5.91 Å². The zero-order valence-electron chi connectivity index (χ0n) is 13.7. The third-order valence-corrected chi connectivity index (χ3v) is 5.02. The normalized spacial score (nSPS) is 13.1. The zero-order valence-corrected chi connectivity index (χ0v) is 14.5. The number of carbonyl (C=O) groups is 2. The highest BCUT2D eigenvalue weighted by Crippen LogP contribution is 2.23. The molecule has 1 aliphatic rings. The van der Waals surface area contributed by atoms with E-state index in [-0.39, 0.29) is 17.6 Å². The molecule has 130 valence electrons. The molecule has 4 nitrogen and oxygen atoms in total. The maximum absolute atomic E-state index is 13.5. The zero-order chi connectivity index (χ0) is 17.6. The van der Waals surface area contributed by atoms with Gasteiger partial charge in [0.2, 0.25) is 5.91 Å². The van der Waals surface area contributed by atoms with Crippen LogP contribution in [0.15, 0.2) is 42.5 Å². The minimum atomic E-state index is -0.194. The Morgan fingerprint density at radius 2 is 2.04 bits per heavy atom. The smallest absolute Gasteiger partial charge is 0.251 e. The van der Waals surface area contributed by atoms with Crippen LogP contribution in [0.5, 0.6) is 0 Å². The lowest BCUT2D eigenvalue weighted by Gasteiger charge is -2.17.